The van der Waals surface area contributed by atoms with Crippen LogP contribution in [0.1, 0.15) is 35.3 Å². The SMILES string of the molecule is Cc1cc(O)c(O)c(Oc2cc(C)c(C(=O)OCC(C)C)c(O)c2)c1. The Labute approximate surface area is 146 Å². The van der Waals surface area contributed by atoms with Crippen molar-refractivity contribution in [3.05, 3.63) is 41.0 Å². The summed E-state index contributed by atoms with van der Waals surface area (Å²) in [4.78, 5) is 12.1. The van der Waals surface area contributed by atoms with E-state index in [0.717, 1.165) is 0 Å². The van der Waals surface area contributed by atoms with E-state index in [1.807, 2.05) is 13.8 Å². The average Bonchev–Trinajstić information content (AvgIpc) is 2.49. The lowest BCUT2D eigenvalue weighted by Crippen LogP contribution is -2.11. The smallest absolute Gasteiger partial charge is 0.342 e. The van der Waals surface area contributed by atoms with E-state index >= 15 is 0 Å². The molecular formula is C19H22O6. The maximum absolute atomic E-state index is 12.1. The van der Waals surface area contributed by atoms with Crippen LogP contribution in [0.3, 0.4) is 0 Å². The molecule has 0 aliphatic rings. The number of benzene rings is 2. The van der Waals surface area contributed by atoms with E-state index < -0.39 is 11.7 Å². The second-order valence-electron chi connectivity index (χ2n) is 6.36. The van der Waals surface area contributed by atoms with Crippen LogP contribution in [0.4, 0.5) is 0 Å². The fourth-order valence-corrected chi connectivity index (χ4v) is 2.31. The van der Waals surface area contributed by atoms with Gasteiger partial charge in [-0.05, 0) is 49.1 Å². The lowest BCUT2D eigenvalue weighted by Gasteiger charge is -2.14. The molecule has 2 rings (SSSR count). The van der Waals surface area contributed by atoms with Crippen LogP contribution in [-0.4, -0.2) is 27.9 Å². The molecular weight excluding hydrogens is 324 g/mol. The predicted molar refractivity (Wildman–Crippen MR) is 92.5 cm³/mol. The maximum Gasteiger partial charge on any atom is 0.342 e. The molecule has 3 N–H and O–H groups in total. The maximum atomic E-state index is 12.1. The first-order valence-corrected chi connectivity index (χ1v) is 7.90. The van der Waals surface area contributed by atoms with Crippen molar-refractivity contribution in [3.8, 4) is 28.7 Å². The zero-order chi connectivity index (χ0) is 18.7. The van der Waals surface area contributed by atoms with E-state index in [9.17, 15) is 20.1 Å². The number of hydrogen-bond donors (Lipinski definition) is 3. The van der Waals surface area contributed by atoms with Crippen LogP contribution in [-0.2, 0) is 4.74 Å². The van der Waals surface area contributed by atoms with Gasteiger partial charge in [-0.2, -0.15) is 0 Å². The molecule has 2 aromatic carbocycles. The summed E-state index contributed by atoms with van der Waals surface area (Å²) >= 11 is 0. The second kappa shape index (κ2) is 7.34. The van der Waals surface area contributed by atoms with Gasteiger partial charge in [0.1, 0.15) is 17.1 Å². The highest BCUT2D eigenvalue weighted by Crippen LogP contribution is 2.40. The molecule has 0 amide bonds. The van der Waals surface area contributed by atoms with Gasteiger partial charge in [-0.3, -0.25) is 0 Å². The summed E-state index contributed by atoms with van der Waals surface area (Å²) in [6.07, 6.45) is 0. The van der Waals surface area contributed by atoms with E-state index in [4.69, 9.17) is 9.47 Å². The third-order valence-electron chi connectivity index (χ3n) is 3.47. The predicted octanol–water partition coefficient (Wildman–Crippen LogP) is 4.03. The average molecular weight is 346 g/mol. The van der Waals surface area contributed by atoms with Crippen molar-refractivity contribution >= 4 is 5.97 Å². The molecule has 0 aromatic heterocycles. The van der Waals surface area contributed by atoms with Gasteiger partial charge in [0.15, 0.2) is 11.5 Å². The Morgan fingerprint density at radius 2 is 1.72 bits per heavy atom. The molecule has 0 unspecified atom stereocenters. The molecule has 0 atom stereocenters. The molecule has 0 aliphatic heterocycles. The first-order valence-electron chi connectivity index (χ1n) is 7.90. The molecule has 6 nitrogen and oxygen atoms in total. The number of phenols is 3. The number of esters is 1. The molecule has 0 saturated carbocycles. The van der Waals surface area contributed by atoms with Gasteiger partial charge in [0.05, 0.1) is 6.61 Å². The van der Waals surface area contributed by atoms with Crippen LogP contribution in [0.25, 0.3) is 0 Å². The van der Waals surface area contributed by atoms with Crippen LogP contribution in [0.15, 0.2) is 24.3 Å². The number of rotatable bonds is 5. The zero-order valence-electron chi connectivity index (χ0n) is 14.7. The standard InChI is InChI=1S/C19H22O6/c1-10(2)9-24-19(23)17-12(4)7-13(8-14(17)20)25-16-6-11(3)5-15(21)18(16)22/h5-8,10,20-22H,9H2,1-4H3. The summed E-state index contributed by atoms with van der Waals surface area (Å²) < 4.78 is 10.7. The fraction of sp³-hybridized carbons (Fsp3) is 0.316. The van der Waals surface area contributed by atoms with Crippen molar-refractivity contribution in [2.24, 2.45) is 5.92 Å². The van der Waals surface area contributed by atoms with Crippen molar-refractivity contribution < 1.29 is 29.6 Å². The fourth-order valence-electron chi connectivity index (χ4n) is 2.31. The van der Waals surface area contributed by atoms with Crippen LogP contribution < -0.4 is 4.74 Å². The Balaban J connectivity index is 2.30. The van der Waals surface area contributed by atoms with Crippen molar-refractivity contribution in [2.45, 2.75) is 27.7 Å². The van der Waals surface area contributed by atoms with Gasteiger partial charge < -0.3 is 24.8 Å². The highest BCUT2D eigenvalue weighted by molar-refractivity contribution is 5.94. The molecule has 2 aromatic rings. The Kier molecular flexibility index (Phi) is 5.41. The van der Waals surface area contributed by atoms with Gasteiger partial charge in [-0.25, -0.2) is 4.79 Å². The van der Waals surface area contributed by atoms with Gasteiger partial charge in [-0.15, -0.1) is 0 Å². The first-order chi connectivity index (χ1) is 11.7. The van der Waals surface area contributed by atoms with E-state index in [1.165, 1.54) is 12.1 Å². The number of carbonyl (C=O) groups excluding carboxylic acids is 1. The summed E-state index contributed by atoms with van der Waals surface area (Å²) in [7, 11) is 0. The highest BCUT2D eigenvalue weighted by Gasteiger charge is 2.19. The minimum Gasteiger partial charge on any atom is -0.507 e. The zero-order valence-corrected chi connectivity index (χ0v) is 14.7. The lowest BCUT2D eigenvalue weighted by atomic mass is 10.1. The number of ether oxygens (including phenoxy) is 2. The summed E-state index contributed by atoms with van der Waals surface area (Å²) in [5, 5.41) is 29.7. The van der Waals surface area contributed by atoms with Crippen molar-refractivity contribution in [3.63, 3.8) is 0 Å². The van der Waals surface area contributed by atoms with E-state index in [2.05, 4.69) is 0 Å². The molecule has 0 fully saturated rings. The minimum absolute atomic E-state index is 0.0476. The Hall–Kier alpha value is -2.89. The van der Waals surface area contributed by atoms with E-state index in [1.54, 1.807) is 26.0 Å². The van der Waals surface area contributed by atoms with Gasteiger partial charge in [0.2, 0.25) is 5.75 Å². The largest absolute Gasteiger partial charge is 0.507 e. The molecule has 6 heteroatoms. The number of carbonyl (C=O) groups is 1. The number of phenolic OH excluding ortho intramolecular Hbond substituents is 3. The van der Waals surface area contributed by atoms with Gasteiger partial charge in [0.25, 0.3) is 0 Å². The van der Waals surface area contributed by atoms with E-state index in [0.29, 0.717) is 11.1 Å². The number of hydrogen-bond acceptors (Lipinski definition) is 6. The van der Waals surface area contributed by atoms with Gasteiger partial charge in [0, 0.05) is 6.07 Å². The molecule has 0 bridgehead atoms. The monoisotopic (exact) mass is 346 g/mol. The van der Waals surface area contributed by atoms with Gasteiger partial charge in [-0.1, -0.05) is 13.8 Å². The summed E-state index contributed by atoms with van der Waals surface area (Å²) in [6.45, 7) is 7.47. The molecule has 0 heterocycles. The summed E-state index contributed by atoms with van der Waals surface area (Å²) in [5.41, 5.74) is 1.24. The van der Waals surface area contributed by atoms with Crippen LogP contribution in [0.2, 0.25) is 0 Å². The van der Waals surface area contributed by atoms with Gasteiger partial charge >= 0.3 is 5.97 Å². The Morgan fingerprint density at radius 3 is 2.32 bits per heavy atom. The van der Waals surface area contributed by atoms with Crippen molar-refractivity contribution in [1.29, 1.82) is 0 Å². The number of aromatic hydroxyl groups is 3. The molecule has 134 valence electrons. The minimum atomic E-state index is -0.605. The molecule has 0 saturated heterocycles. The third-order valence-corrected chi connectivity index (χ3v) is 3.47. The van der Waals surface area contributed by atoms with E-state index in [-0.39, 0.29) is 41.1 Å². The molecule has 25 heavy (non-hydrogen) atoms. The third kappa shape index (κ3) is 4.35. The molecule has 0 spiro atoms. The Bertz CT molecular complexity index is 772. The van der Waals surface area contributed by atoms with Crippen LogP contribution in [0, 0.1) is 19.8 Å². The topological polar surface area (TPSA) is 96.2 Å². The van der Waals surface area contributed by atoms with Crippen molar-refractivity contribution in [1.82, 2.24) is 0 Å². The first kappa shape index (κ1) is 18.4. The summed E-state index contributed by atoms with van der Waals surface area (Å²) in [5.74, 6) is -1.13. The second-order valence-corrected chi connectivity index (χ2v) is 6.36. The lowest BCUT2D eigenvalue weighted by molar-refractivity contribution is 0.0455. The normalized spacial score (nSPS) is 10.8. The number of aryl methyl sites for hydroxylation is 2. The van der Waals surface area contributed by atoms with Crippen molar-refractivity contribution in [2.75, 3.05) is 6.61 Å². The highest BCUT2D eigenvalue weighted by atomic mass is 16.5. The Morgan fingerprint density at radius 1 is 1.04 bits per heavy atom. The van der Waals surface area contributed by atoms with Crippen LogP contribution in [0.5, 0.6) is 28.7 Å². The summed E-state index contributed by atoms with van der Waals surface area (Å²) in [6, 6.07) is 5.76. The molecule has 0 aliphatic carbocycles. The van der Waals surface area contributed by atoms with Crippen LogP contribution >= 0.6 is 0 Å². The quantitative estimate of drug-likeness (QED) is 0.559. The molecule has 0 radical (unpaired) electrons.